The molecule has 1 amide bonds. The molecule has 4 rings (SSSR count). The molecule has 0 spiro atoms. The van der Waals surface area contributed by atoms with Gasteiger partial charge in [0.2, 0.25) is 5.91 Å². The second-order valence-corrected chi connectivity index (χ2v) is 9.27. The minimum Gasteiger partial charge on any atom is -0.380 e. The number of carbonyl (C=O) groups excluding carboxylic acids is 2. The van der Waals surface area contributed by atoms with Crippen LogP contribution in [-0.2, 0) is 33.2 Å². The summed E-state index contributed by atoms with van der Waals surface area (Å²) in [5, 5.41) is 5.98. The van der Waals surface area contributed by atoms with Crippen LogP contribution in [0.15, 0.2) is 73.1 Å². The van der Waals surface area contributed by atoms with Crippen molar-refractivity contribution in [3.8, 4) is 0 Å². The molecule has 6 nitrogen and oxygen atoms in total. The Bertz CT molecular complexity index is 1190. The number of ketones is 1. The Balaban J connectivity index is 1.36. The Morgan fingerprint density at radius 3 is 2.50 bits per heavy atom. The summed E-state index contributed by atoms with van der Waals surface area (Å²) >= 11 is 0. The second-order valence-electron chi connectivity index (χ2n) is 9.27. The zero-order valence-electron chi connectivity index (χ0n) is 20.1. The first-order valence-corrected chi connectivity index (χ1v) is 11.9. The zero-order valence-corrected chi connectivity index (χ0v) is 20.1. The first-order valence-electron chi connectivity index (χ1n) is 11.9. The summed E-state index contributed by atoms with van der Waals surface area (Å²) in [5.74, 6) is -3.20. The fourth-order valence-electron chi connectivity index (χ4n) is 4.38. The molecule has 1 saturated heterocycles. The van der Waals surface area contributed by atoms with Gasteiger partial charge in [0.15, 0.2) is 0 Å². The minimum atomic E-state index is -2.97. The molecule has 2 aromatic carbocycles. The predicted molar refractivity (Wildman–Crippen MR) is 133 cm³/mol. The first kappa shape index (κ1) is 25.4. The van der Waals surface area contributed by atoms with E-state index in [2.05, 4.69) is 15.6 Å². The number of nitrogens with one attached hydrogen (secondary N) is 2. The van der Waals surface area contributed by atoms with E-state index in [9.17, 15) is 18.4 Å². The number of alkyl halides is 2. The highest BCUT2D eigenvalue weighted by Gasteiger charge is 2.43. The Morgan fingerprint density at radius 1 is 1.06 bits per heavy atom. The largest absolute Gasteiger partial charge is 0.380 e. The Hall–Kier alpha value is -3.65. The second kappa shape index (κ2) is 11.0. The van der Waals surface area contributed by atoms with Crippen molar-refractivity contribution in [2.75, 3.05) is 18.5 Å². The highest BCUT2D eigenvalue weighted by molar-refractivity contribution is 5.91. The minimum absolute atomic E-state index is 0.0305. The number of halogens is 2. The number of ether oxygens (including phenoxy) is 1. The number of para-hydroxylation sites is 1. The molecule has 2 N–H and O–H groups in total. The number of amides is 1. The third kappa shape index (κ3) is 6.31. The average molecular weight is 494 g/mol. The summed E-state index contributed by atoms with van der Waals surface area (Å²) < 4.78 is 33.3. The van der Waals surface area contributed by atoms with Crippen molar-refractivity contribution in [1.82, 2.24) is 10.3 Å². The van der Waals surface area contributed by atoms with Gasteiger partial charge in [-0.25, -0.2) is 8.78 Å². The molecule has 1 atom stereocenters. The number of carbonyl (C=O) groups is 2. The number of aromatic nitrogens is 1. The van der Waals surface area contributed by atoms with Gasteiger partial charge in [-0.2, -0.15) is 0 Å². The van der Waals surface area contributed by atoms with E-state index < -0.39 is 11.3 Å². The van der Waals surface area contributed by atoms with Crippen LogP contribution in [0.3, 0.4) is 0 Å². The number of nitrogens with zero attached hydrogens (tertiary/aromatic N) is 1. The summed E-state index contributed by atoms with van der Waals surface area (Å²) in [6, 6.07) is 17.1. The number of anilines is 2. The lowest BCUT2D eigenvalue weighted by Crippen LogP contribution is -2.43. The van der Waals surface area contributed by atoms with E-state index in [0.717, 1.165) is 18.1 Å². The fraction of sp³-hybridized carbons (Fsp3) is 0.321. The van der Waals surface area contributed by atoms with Crippen molar-refractivity contribution in [1.29, 1.82) is 0 Å². The van der Waals surface area contributed by atoms with Gasteiger partial charge in [0.1, 0.15) is 5.78 Å². The number of hydrogen-bond acceptors (Lipinski definition) is 5. The highest BCUT2D eigenvalue weighted by atomic mass is 19.3. The Labute approximate surface area is 209 Å². The number of Topliss-reactive ketones (excluding diaryl/α,β-unsaturated/α-hetero) is 1. The summed E-state index contributed by atoms with van der Waals surface area (Å²) in [7, 11) is 0. The molecule has 0 radical (unpaired) electrons. The zero-order chi connectivity index (χ0) is 25.6. The van der Waals surface area contributed by atoms with Gasteiger partial charge < -0.3 is 15.4 Å². The molecule has 188 valence electrons. The molecular formula is C28H29F2N3O3. The molecule has 0 unspecified atom stereocenters. The van der Waals surface area contributed by atoms with Gasteiger partial charge >= 0.3 is 0 Å². The molecule has 2 heterocycles. The van der Waals surface area contributed by atoms with Crippen LogP contribution in [0.4, 0.5) is 20.2 Å². The van der Waals surface area contributed by atoms with Gasteiger partial charge in [-0.1, -0.05) is 36.4 Å². The molecular weight excluding hydrogens is 464 g/mol. The van der Waals surface area contributed by atoms with Crippen molar-refractivity contribution in [2.45, 2.75) is 38.7 Å². The molecule has 3 aromatic rings. The van der Waals surface area contributed by atoms with Crippen molar-refractivity contribution < 1.29 is 23.1 Å². The molecule has 0 bridgehead atoms. The highest BCUT2D eigenvalue weighted by Crippen LogP contribution is 2.35. The fourth-order valence-corrected chi connectivity index (χ4v) is 4.38. The molecule has 1 fully saturated rings. The van der Waals surface area contributed by atoms with Crippen LogP contribution in [0.25, 0.3) is 0 Å². The molecule has 0 saturated carbocycles. The predicted octanol–water partition coefficient (Wildman–Crippen LogP) is 5.16. The van der Waals surface area contributed by atoms with E-state index >= 15 is 0 Å². The van der Waals surface area contributed by atoms with Crippen LogP contribution in [0.5, 0.6) is 0 Å². The number of pyridine rings is 1. The van der Waals surface area contributed by atoms with Gasteiger partial charge in [-0.15, -0.1) is 0 Å². The van der Waals surface area contributed by atoms with E-state index in [1.165, 1.54) is 6.07 Å². The maximum atomic E-state index is 13.9. The first-order chi connectivity index (χ1) is 17.2. The summed E-state index contributed by atoms with van der Waals surface area (Å²) in [5.41, 5.74) is 1.70. The van der Waals surface area contributed by atoms with E-state index in [-0.39, 0.29) is 43.2 Å². The molecule has 1 aliphatic heterocycles. The van der Waals surface area contributed by atoms with E-state index in [1.807, 2.05) is 18.2 Å². The summed E-state index contributed by atoms with van der Waals surface area (Å²) in [6.07, 6.45) is 4.13. The van der Waals surface area contributed by atoms with Crippen LogP contribution in [-0.4, -0.2) is 29.9 Å². The van der Waals surface area contributed by atoms with Gasteiger partial charge in [-0.05, 0) is 41.8 Å². The normalized spacial score (nSPS) is 17.5. The van der Waals surface area contributed by atoms with Crippen LogP contribution >= 0.6 is 0 Å². The molecule has 0 aliphatic carbocycles. The van der Waals surface area contributed by atoms with Crippen LogP contribution < -0.4 is 10.6 Å². The van der Waals surface area contributed by atoms with Gasteiger partial charge in [-0.3, -0.25) is 14.6 Å². The maximum absolute atomic E-state index is 13.9. The molecule has 36 heavy (non-hydrogen) atoms. The SMILES string of the molecule is CC(F)(F)c1ccccc1Nc1ccc(CNC(=O)[C@]2(CC(=O)Cc3cccnc3)CCOC2)cc1. The topological polar surface area (TPSA) is 80.3 Å². The number of rotatable bonds is 10. The van der Waals surface area contributed by atoms with E-state index in [0.29, 0.717) is 24.4 Å². The van der Waals surface area contributed by atoms with Crippen LogP contribution in [0.1, 0.15) is 36.5 Å². The lowest BCUT2D eigenvalue weighted by molar-refractivity contribution is -0.136. The van der Waals surface area contributed by atoms with Crippen molar-refractivity contribution in [3.63, 3.8) is 0 Å². The summed E-state index contributed by atoms with van der Waals surface area (Å²) in [4.78, 5) is 29.9. The lowest BCUT2D eigenvalue weighted by Gasteiger charge is -2.25. The van der Waals surface area contributed by atoms with Crippen molar-refractivity contribution >= 4 is 23.1 Å². The van der Waals surface area contributed by atoms with Crippen molar-refractivity contribution in [3.05, 3.63) is 89.7 Å². The lowest BCUT2D eigenvalue weighted by atomic mass is 9.80. The number of hydrogen-bond donors (Lipinski definition) is 2. The maximum Gasteiger partial charge on any atom is 0.272 e. The molecule has 1 aliphatic rings. The third-order valence-corrected chi connectivity index (χ3v) is 6.33. The smallest absolute Gasteiger partial charge is 0.272 e. The van der Waals surface area contributed by atoms with E-state index in [1.54, 1.807) is 48.8 Å². The van der Waals surface area contributed by atoms with Gasteiger partial charge in [0, 0.05) is 62.2 Å². The van der Waals surface area contributed by atoms with Gasteiger partial charge in [0.25, 0.3) is 5.92 Å². The summed E-state index contributed by atoms with van der Waals surface area (Å²) in [6.45, 7) is 1.79. The molecule has 8 heteroatoms. The quantitative estimate of drug-likeness (QED) is 0.408. The number of benzene rings is 2. The molecule has 1 aromatic heterocycles. The Kier molecular flexibility index (Phi) is 7.74. The average Bonchev–Trinajstić information content (AvgIpc) is 3.33. The van der Waals surface area contributed by atoms with Crippen LogP contribution in [0, 0.1) is 5.41 Å². The van der Waals surface area contributed by atoms with E-state index in [4.69, 9.17) is 4.74 Å². The van der Waals surface area contributed by atoms with Gasteiger partial charge in [0.05, 0.1) is 12.0 Å². The van der Waals surface area contributed by atoms with Crippen LogP contribution in [0.2, 0.25) is 0 Å². The third-order valence-electron chi connectivity index (χ3n) is 6.33. The standard InChI is InChI=1S/C28H29F2N3O3/c1-27(29,30)24-6-2-3-7-25(24)33-22-10-8-20(9-11-22)18-32-26(35)28(12-14-36-19-28)16-23(34)15-21-5-4-13-31-17-21/h2-11,13,17,33H,12,14-16,18-19H2,1H3,(H,32,35)/t28-/m0/s1. The monoisotopic (exact) mass is 493 g/mol. The van der Waals surface area contributed by atoms with Crippen molar-refractivity contribution in [2.24, 2.45) is 5.41 Å². The Morgan fingerprint density at radius 2 is 1.83 bits per heavy atom.